The molecule has 0 spiro atoms. The minimum absolute atomic E-state index is 0.0287. The standard InChI is InChI=1S/C7H10F3N3OS/c1-4(2-3-14)11-6-13-12-5(15-6)7(8,9)10/h4,14H,2-3H2,1H3,(H,11,13). The van der Waals surface area contributed by atoms with E-state index >= 15 is 0 Å². The van der Waals surface area contributed by atoms with Gasteiger partial charge in [-0.1, -0.05) is 11.3 Å². The van der Waals surface area contributed by atoms with Crippen LogP contribution < -0.4 is 5.32 Å². The molecule has 0 aliphatic rings. The molecule has 0 bridgehead atoms. The van der Waals surface area contributed by atoms with Crippen molar-refractivity contribution in [3.63, 3.8) is 0 Å². The topological polar surface area (TPSA) is 58.0 Å². The summed E-state index contributed by atoms with van der Waals surface area (Å²) in [5.41, 5.74) is 0. The number of aliphatic hydroxyl groups is 1. The summed E-state index contributed by atoms with van der Waals surface area (Å²) in [5, 5.41) is 16.8. The number of aromatic nitrogens is 2. The zero-order valence-corrected chi connectivity index (χ0v) is 8.69. The molecule has 1 unspecified atom stereocenters. The van der Waals surface area contributed by atoms with Gasteiger partial charge in [0.25, 0.3) is 0 Å². The molecule has 1 aromatic rings. The highest BCUT2D eigenvalue weighted by Gasteiger charge is 2.35. The van der Waals surface area contributed by atoms with Crippen LogP contribution in [-0.4, -0.2) is 28.0 Å². The van der Waals surface area contributed by atoms with Gasteiger partial charge in [0.1, 0.15) is 0 Å². The van der Waals surface area contributed by atoms with Gasteiger partial charge in [0.2, 0.25) is 10.1 Å². The van der Waals surface area contributed by atoms with Gasteiger partial charge in [-0.05, 0) is 13.3 Å². The monoisotopic (exact) mass is 241 g/mol. The first kappa shape index (κ1) is 12.2. The SMILES string of the molecule is CC(CCO)Nc1nnc(C(F)(F)F)s1. The summed E-state index contributed by atoms with van der Waals surface area (Å²) in [6.07, 6.45) is -4.00. The zero-order valence-electron chi connectivity index (χ0n) is 7.88. The fourth-order valence-electron chi connectivity index (χ4n) is 0.873. The number of anilines is 1. The molecule has 8 heteroatoms. The fraction of sp³-hybridized carbons (Fsp3) is 0.714. The van der Waals surface area contributed by atoms with Crippen LogP contribution in [0.5, 0.6) is 0 Å². The number of halogens is 3. The molecule has 15 heavy (non-hydrogen) atoms. The normalized spacial score (nSPS) is 13.9. The number of nitrogens with one attached hydrogen (secondary N) is 1. The molecule has 4 nitrogen and oxygen atoms in total. The number of hydrogen-bond acceptors (Lipinski definition) is 5. The van der Waals surface area contributed by atoms with Gasteiger partial charge < -0.3 is 10.4 Å². The zero-order chi connectivity index (χ0) is 11.5. The van der Waals surface area contributed by atoms with E-state index in [1.807, 2.05) is 0 Å². The van der Waals surface area contributed by atoms with Gasteiger partial charge in [-0.15, -0.1) is 10.2 Å². The molecule has 1 atom stereocenters. The molecule has 86 valence electrons. The lowest BCUT2D eigenvalue weighted by molar-refractivity contribution is -0.138. The number of rotatable bonds is 4. The van der Waals surface area contributed by atoms with Gasteiger partial charge in [0, 0.05) is 12.6 Å². The second-order valence-electron chi connectivity index (χ2n) is 2.97. The van der Waals surface area contributed by atoms with Crippen LogP contribution in [0.25, 0.3) is 0 Å². The summed E-state index contributed by atoms with van der Waals surface area (Å²) in [4.78, 5) is 0. The second-order valence-corrected chi connectivity index (χ2v) is 3.95. The molecule has 0 radical (unpaired) electrons. The van der Waals surface area contributed by atoms with Crippen LogP contribution in [-0.2, 0) is 6.18 Å². The second kappa shape index (κ2) is 4.75. The maximum atomic E-state index is 12.1. The molecule has 2 N–H and O–H groups in total. The Labute approximate surface area is 88.1 Å². The Kier molecular flexibility index (Phi) is 3.86. The summed E-state index contributed by atoms with van der Waals surface area (Å²) in [6.45, 7) is 1.71. The lowest BCUT2D eigenvalue weighted by Gasteiger charge is -2.09. The molecule has 0 aliphatic carbocycles. The predicted molar refractivity (Wildman–Crippen MR) is 49.7 cm³/mol. The fourth-order valence-corrected chi connectivity index (χ4v) is 1.59. The van der Waals surface area contributed by atoms with E-state index in [-0.39, 0.29) is 17.8 Å². The highest BCUT2D eigenvalue weighted by atomic mass is 32.1. The van der Waals surface area contributed by atoms with E-state index in [1.165, 1.54) is 0 Å². The van der Waals surface area contributed by atoms with Crippen LogP contribution in [0.4, 0.5) is 18.3 Å². The lowest BCUT2D eigenvalue weighted by atomic mass is 10.2. The first-order chi connectivity index (χ1) is 6.93. The molecule has 0 fully saturated rings. The number of aliphatic hydroxyl groups excluding tert-OH is 1. The van der Waals surface area contributed by atoms with Gasteiger partial charge in [-0.3, -0.25) is 0 Å². The molecular formula is C7H10F3N3OS. The number of hydrogen-bond donors (Lipinski definition) is 2. The maximum absolute atomic E-state index is 12.1. The van der Waals surface area contributed by atoms with Crippen LogP contribution in [0.3, 0.4) is 0 Å². The first-order valence-corrected chi connectivity index (χ1v) is 5.03. The average molecular weight is 241 g/mol. The summed E-state index contributed by atoms with van der Waals surface area (Å²) in [7, 11) is 0. The summed E-state index contributed by atoms with van der Waals surface area (Å²) in [6, 6.07) is -0.135. The summed E-state index contributed by atoms with van der Waals surface area (Å²) in [5.74, 6) is 0. The van der Waals surface area contributed by atoms with Gasteiger partial charge in [0.05, 0.1) is 0 Å². The number of nitrogens with zero attached hydrogens (tertiary/aromatic N) is 2. The predicted octanol–water partition coefficient (Wildman–Crippen LogP) is 1.74. The molecule has 0 amide bonds. The molecule has 1 rings (SSSR count). The Morgan fingerprint density at radius 1 is 1.47 bits per heavy atom. The van der Waals surface area contributed by atoms with Crippen LogP contribution >= 0.6 is 11.3 Å². The third kappa shape index (κ3) is 3.63. The van der Waals surface area contributed by atoms with E-state index in [0.29, 0.717) is 17.8 Å². The minimum atomic E-state index is -4.45. The van der Waals surface area contributed by atoms with Crippen molar-refractivity contribution < 1.29 is 18.3 Å². The van der Waals surface area contributed by atoms with Gasteiger partial charge >= 0.3 is 6.18 Å². The van der Waals surface area contributed by atoms with Gasteiger partial charge in [0.15, 0.2) is 0 Å². The third-order valence-corrected chi connectivity index (χ3v) is 2.50. The molecule has 0 aromatic carbocycles. The molecule has 1 aromatic heterocycles. The first-order valence-electron chi connectivity index (χ1n) is 4.21. The lowest BCUT2D eigenvalue weighted by Crippen LogP contribution is -2.16. The van der Waals surface area contributed by atoms with Crippen molar-refractivity contribution in [2.24, 2.45) is 0 Å². The largest absolute Gasteiger partial charge is 0.445 e. The van der Waals surface area contributed by atoms with Crippen molar-refractivity contribution in [3.05, 3.63) is 5.01 Å². The van der Waals surface area contributed by atoms with Crippen molar-refractivity contribution in [2.75, 3.05) is 11.9 Å². The van der Waals surface area contributed by atoms with E-state index in [4.69, 9.17) is 5.11 Å². The quantitative estimate of drug-likeness (QED) is 0.843. The van der Waals surface area contributed by atoms with Crippen molar-refractivity contribution in [2.45, 2.75) is 25.6 Å². The van der Waals surface area contributed by atoms with Gasteiger partial charge in [-0.2, -0.15) is 13.2 Å². The molecule has 0 aliphatic heterocycles. The van der Waals surface area contributed by atoms with Gasteiger partial charge in [-0.25, -0.2) is 0 Å². The van der Waals surface area contributed by atoms with E-state index in [2.05, 4.69) is 15.5 Å². The van der Waals surface area contributed by atoms with E-state index in [0.717, 1.165) is 0 Å². The molecular weight excluding hydrogens is 231 g/mol. The summed E-state index contributed by atoms with van der Waals surface area (Å²) >= 11 is 0.454. The average Bonchev–Trinajstić information content (AvgIpc) is 2.52. The van der Waals surface area contributed by atoms with Crippen molar-refractivity contribution in [3.8, 4) is 0 Å². The third-order valence-electron chi connectivity index (χ3n) is 1.60. The smallest absolute Gasteiger partial charge is 0.396 e. The number of alkyl halides is 3. The Bertz CT molecular complexity index is 315. The Morgan fingerprint density at radius 2 is 2.13 bits per heavy atom. The van der Waals surface area contributed by atoms with Crippen LogP contribution in [0.15, 0.2) is 0 Å². The highest BCUT2D eigenvalue weighted by Crippen LogP contribution is 2.33. The highest BCUT2D eigenvalue weighted by molar-refractivity contribution is 7.15. The maximum Gasteiger partial charge on any atom is 0.445 e. The molecule has 0 saturated heterocycles. The van der Waals surface area contributed by atoms with Crippen molar-refractivity contribution in [1.82, 2.24) is 10.2 Å². The Morgan fingerprint density at radius 3 is 2.60 bits per heavy atom. The van der Waals surface area contributed by atoms with Crippen LogP contribution in [0.1, 0.15) is 18.4 Å². The van der Waals surface area contributed by atoms with Crippen molar-refractivity contribution in [1.29, 1.82) is 0 Å². The van der Waals surface area contributed by atoms with Crippen LogP contribution in [0.2, 0.25) is 0 Å². The molecule has 0 saturated carbocycles. The summed E-state index contributed by atoms with van der Waals surface area (Å²) < 4.78 is 36.4. The molecule has 1 heterocycles. The minimum Gasteiger partial charge on any atom is -0.396 e. The van der Waals surface area contributed by atoms with Crippen LogP contribution in [0, 0.1) is 0 Å². The Balaban J connectivity index is 2.61. The van der Waals surface area contributed by atoms with E-state index < -0.39 is 11.2 Å². The van der Waals surface area contributed by atoms with Crippen molar-refractivity contribution >= 4 is 16.5 Å². The Hall–Kier alpha value is -0.890. The van der Waals surface area contributed by atoms with E-state index in [9.17, 15) is 13.2 Å². The van der Waals surface area contributed by atoms with E-state index in [1.54, 1.807) is 6.92 Å².